The Morgan fingerprint density at radius 2 is 1.64 bits per heavy atom. The lowest BCUT2D eigenvalue weighted by Gasteiger charge is -2.03. The number of aliphatic hydroxyl groups is 1. The first kappa shape index (κ1) is 8.10. The van der Waals surface area contributed by atoms with Crippen LogP contribution in [0.15, 0.2) is 18.2 Å². The lowest BCUT2D eigenvalue weighted by molar-refractivity contribution is 0.185. The maximum Gasteiger partial charge on any atom is 0.128 e. The Hall–Kier alpha value is -1.00. The zero-order valence-corrected chi connectivity index (χ0v) is 5.59. The van der Waals surface area contributed by atoms with Crippen molar-refractivity contribution in [1.29, 1.82) is 0 Å². The third-order valence-electron chi connectivity index (χ3n) is 1.23. The standard InChI is InChI=1S/C7H7F2NO/c8-5-1-4(7(10)11)2-6(9)3-5/h1-3,7,11H,10H2/t7-/m1/s1. The molecule has 0 aliphatic rings. The Bertz CT molecular complexity index is 242. The van der Waals surface area contributed by atoms with Crippen molar-refractivity contribution < 1.29 is 13.9 Å². The fourth-order valence-corrected chi connectivity index (χ4v) is 0.746. The summed E-state index contributed by atoms with van der Waals surface area (Å²) in [5, 5.41) is 8.72. The van der Waals surface area contributed by atoms with E-state index in [0.717, 1.165) is 12.1 Å². The SMILES string of the molecule is N[C@H](O)c1cc(F)cc(F)c1. The second kappa shape index (κ2) is 2.94. The van der Waals surface area contributed by atoms with E-state index in [0.29, 0.717) is 6.07 Å². The first-order valence-electron chi connectivity index (χ1n) is 2.99. The molecule has 0 unspecified atom stereocenters. The third-order valence-corrected chi connectivity index (χ3v) is 1.23. The summed E-state index contributed by atoms with van der Waals surface area (Å²) in [6.07, 6.45) is -1.33. The normalized spacial score (nSPS) is 13.1. The van der Waals surface area contributed by atoms with Gasteiger partial charge in [-0.05, 0) is 12.1 Å². The number of hydrogen-bond acceptors (Lipinski definition) is 2. The zero-order valence-electron chi connectivity index (χ0n) is 5.59. The summed E-state index contributed by atoms with van der Waals surface area (Å²) in [6, 6.07) is 2.67. The van der Waals surface area contributed by atoms with Crippen LogP contribution >= 0.6 is 0 Å². The number of hydrogen-bond donors (Lipinski definition) is 2. The van der Waals surface area contributed by atoms with E-state index in [9.17, 15) is 8.78 Å². The van der Waals surface area contributed by atoms with Gasteiger partial charge in [-0.3, -0.25) is 0 Å². The second-order valence-corrected chi connectivity index (χ2v) is 2.15. The quantitative estimate of drug-likeness (QED) is 0.598. The van der Waals surface area contributed by atoms with Crippen molar-refractivity contribution in [3.63, 3.8) is 0 Å². The molecule has 0 spiro atoms. The van der Waals surface area contributed by atoms with Crippen molar-refractivity contribution in [2.24, 2.45) is 5.73 Å². The van der Waals surface area contributed by atoms with Gasteiger partial charge in [0, 0.05) is 11.6 Å². The Kier molecular flexibility index (Phi) is 2.16. The van der Waals surface area contributed by atoms with Crippen LogP contribution in [0.4, 0.5) is 8.78 Å². The van der Waals surface area contributed by atoms with Gasteiger partial charge in [0.25, 0.3) is 0 Å². The van der Waals surface area contributed by atoms with E-state index < -0.39 is 17.9 Å². The summed E-state index contributed by atoms with van der Waals surface area (Å²) in [5.41, 5.74) is 5.00. The van der Waals surface area contributed by atoms with Crippen LogP contribution < -0.4 is 5.73 Å². The molecule has 0 bridgehead atoms. The fourth-order valence-electron chi connectivity index (χ4n) is 0.746. The van der Waals surface area contributed by atoms with Gasteiger partial charge in [0.05, 0.1) is 0 Å². The highest BCUT2D eigenvalue weighted by molar-refractivity contribution is 5.19. The summed E-state index contributed by atoms with van der Waals surface area (Å²) in [4.78, 5) is 0. The number of nitrogens with two attached hydrogens (primary N) is 1. The molecular weight excluding hydrogens is 152 g/mol. The minimum Gasteiger partial charge on any atom is -0.375 e. The summed E-state index contributed by atoms with van der Waals surface area (Å²) in [5.74, 6) is -1.49. The number of benzene rings is 1. The van der Waals surface area contributed by atoms with Gasteiger partial charge in [0.2, 0.25) is 0 Å². The van der Waals surface area contributed by atoms with Gasteiger partial charge >= 0.3 is 0 Å². The molecule has 0 amide bonds. The lowest BCUT2D eigenvalue weighted by Crippen LogP contribution is -2.08. The Morgan fingerprint density at radius 1 is 1.18 bits per heavy atom. The molecule has 3 N–H and O–H groups in total. The fraction of sp³-hybridized carbons (Fsp3) is 0.143. The molecule has 1 aromatic rings. The molecule has 1 aromatic carbocycles. The summed E-state index contributed by atoms with van der Waals surface area (Å²) >= 11 is 0. The zero-order chi connectivity index (χ0) is 8.43. The van der Waals surface area contributed by atoms with E-state index in [2.05, 4.69) is 0 Å². The van der Waals surface area contributed by atoms with Crippen molar-refractivity contribution in [3.05, 3.63) is 35.4 Å². The molecule has 0 saturated heterocycles. The van der Waals surface area contributed by atoms with E-state index >= 15 is 0 Å². The molecule has 0 aliphatic heterocycles. The molecule has 1 rings (SSSR count). The molecule has 0 radical (unpaired) electrons. The van der Waals surface area contributed by atoms with E-state index in [1.165, 1.54) is 0 Å². The van der Waals surface area contributed by atoms with Crippen molar-refractivity contribution in [1.82, 2.24) is 0 Å². The van der Waals surface area contributed by atoms with Crippen LogP contribution in [0.2, 0.25) is 0 Å². The molecule has 11 heavy (non-hydrogen) atoms. The van der Waals surface area contributed by atoms with E-state index in [4.69, 9.17) is 10.8 Å². The average Bonchev–Trinajstić information content (AvgIpc) is 1.85. The minimum absolute atomic E-state index is 0.0301. The van der Waals surface area contributed by atoms with Gasteiger partial charge in [-0.1, -0.05) is 0 Å². The van der Waals surface area contributed by atoms with Gasteiger partial charge in [-0.15, -0.1) is 0 Å². The molecule has 0 aromatic heterocycles. The monoisotopic (exact) mass is 159 g/mol. The molecule has 0 saturated carbocycles. The third kappa shape index (κ3) is 1.96. The lowest BCUT2D eigenvalue weighted by atomic mass is 10.2. The summed E-state index contributed by atoms with van der Waals surface area (Å²) in [6.45, 7) is 0. The van der Waals surface area contributed by atoms with Crippen LogP contribution in [0.5, 0.6) is 0 Å². The van der Waals surface area contributed by atoms with Crippen LogP contribution in [0.3, 0.4) is 0 Å². The summed E-state index contributed by atoms with van der Waals surface area (Å²) in [7, 11) is 0. The van der Waals surface area contributed by atoms with E-state index in [1.54, 1.807) is 0 Å². The second-order valence-electron chi connectivity index (χ2n) is 2.15. The predicted molar refractivity (Wildman–Crippen MR) is 35.5 cm³/mol. The molecule has 0 heterocycles. The first-order chi connectivity index (χ1) is 5.09. The molecular formula is C7H7F2NO. The van der Waals surface area contributed by atoms with E-state index in [-0.39, 0.29) is 5.56 Å². The number of halogens is 2. The number of aliphatic hydroxyl groups excluding tert-OH is 1. The maximum atomic E-state index is 12.4. The van der Waals surface area contributed by atoms with Crippen LogP contribution in [-0.2, 0) is 0 Å². The van der Waals surface area contributed by atoms with Crippen molar-refractivity contribution in [2.75, 3.05) is 0 Å². The largest absolute Gasteiger partial charge is 0.375 e. The van der Waals surface area contributed by atoms with Crippen LogP contribution in [0, 0.1) is 11.6 Å². The van der Waals surface area contributed by atoms with Crippen molar-refractivity contribution >= 4 is 0 Å². The molecule has 0 aliphatic carbocycles. The highest BCUT2D eigenvalue weighted by atomic mass is 19.1. The van der Waals surface area contributed by atoms with Gasteiger partial charge in [0.15, 0.2) is 0 Å². The smallest absolute Gasteiger partial charge is 0.128 e. The predicted octanol–water partition coefficient (Wildman–Crippen LogP) is 0.914. The van der Waals surface area contributed by atoms with Crippen LogP contribution in [-0.4, -0.2) is 5.11 Å². The molecule has 4 heteroatoms. The summed E-state index contributed by atoms with van der Waals surface area (Å²) < 4.78 is 24.8. The van der Waals surface area contributed by atoms with Crippen molar-refractivity contribution in [2.45, 2.75) is 6.23 Å². The van der Waals surface area contributed by atoms with Gasteiger partial charge < -0.3 is 10.8 Å². The minimum atomic E-state index is -1.33. The number of rotatable bonds is 1. The van der Waals surface area contributed by atoms with Gasteiger partial charge in [0.1, 0.15) is 17.9 Å². The highest BCUT2D eigenvalue weighted by Gasteiger charge is 2.04. The Labute approximate surface area is 62.3 Å². The van der Waals surface area contributed by atoms with Crippen molar-refractivity contribution in [3.8, 4) is 0 Å². The van der Waals surface area contributed by atoms with E-state index in [1.807, 2.05) is 0 Å². The molecule has 1 atom stereocenters. The topological polar surface area (TPSA) is 46.2 Å². The highest BCUT2D eigenvalue weighted by Crippen LogP contribution is 2.11. The van der Waals surface area contributed by atoms with Gasteiger partial charge in [-0.25, -0.2) is 8.78 Å². The average molecular weight is 159 g/mol. The van der Waals surface area contributed by atoms with Crippen LogP contribution in [0.1, 0.15) is 11.8 Å². The molecule has 0 fully saturated rings. The van der Waals surface area contributed by atoms with Gasteiger partial charge in [-0.2, -0.15) is 0 Å². The maximum absolute atomic E-state index is 12.4. The Balaban J connectivity index is 3.08. The first-order valence-corrected chi connectivity index (χ1v) is 2.99. The Morgan fingerprint density at radius 3 is 2.00 bits per heavy atom. The van der Waals surface area contributed by atoms with Crippen LogP contribution in [0.25, 0.3) is 0 Å². The molecule has 60 valence electrons. The molecule has 2 nitrogen and oxygen atoms in total.